The topological polar surface area (TPSA) is 78.7 Å². The third-order valence-corrected chi connectivity index (χ3v) is 11.1. The summed E-state index contributed by atoms with van der Waals surface area (Å²) >= 11 is 0. The third-order valence-electron chi connectivity index (χ3n) is 11.1. The SMILES string of the molecule is CN(C)[C@H]1C[C@@]23CC[C@]4(O2)C2CC=C(c5ccc6ncncc6c5)[C@@]2(C)CCC4(F)CC3(F)[C@@H](O)[C@@H]1O. The molecule has 37 heavy (non-hydrogen) atoms. The fourth-order valence-electron chi connectivity index (χ4n) is 9.13. The van der Waals surface area contributed by atoms with Gasteiger partial charge < -0.3 is 19.8 Å². The van der Waals surface area contributed by atoms with Crippen molar-refractivity contribution in [3.05, 3.63) is 42.4 Å². The number of hydrogen-bond donors (Lipinski definition) is 2. The van der Waals surface area contributed by atoms with Crippen LogP contribution in [0.1, 0.15) is 57.4 Å². The minimum Gasteiger partial charge on any atom is -0.389 e. The number of rotatable bonds is 2. The number of aliphatic hydroxyl groups is 2. The Bertz CT molecular complexity index is 1320. The van der Waals surface area contributed by atoms with Gasteiger partial charge in [0.1, 0.15) is 29.3 Å². The Labute approximate surface area is 215 Å². The number of nitrogens with zero attached hydrogens (tertiary/aromatic N) is 3. The summed E-state index contributed by atoms with van der Waals surface area (Å²) in [6.45, 7) is 2.21. The van der Waals surface area contributed by atoms with Crippen molar-refractivity contribution in [3.8, 4) is 0 Å². The number of allylic oxidation sites excluding steroid dienone is 2. The number of hydrogen-bond acceptors (Lipinski definition) is 6. The van der Waals surface area contributed by atoms with Crippen LogP contribution in [0.25, 0.3) is 16.5 Å². The van der Waals surface area contributed by atoms with Gasteiger partial charge in [0.15, 0.2) is 5.67 Å². The van der Waals surface area contributed by atoms with Crippen LogP contribution < -0.4 is 0 Å². The van der Waals surface area contributed by atoms with Gasteiger partial charge in [0, 0.05) is 30.0 Å². The molecule has 8 heteroatoms. The molecule has 1 aromatic heterocycles. The van der Waals surface area contributed by atoms with Gasteiger partial charge in [-0.1, -0.05) is 19.1 Å². The summed E-state index contributed by atoms with van der Waals surface area (Å²) in [6, 6.07) is 5.72. The first-order chi connectivity index (χ1) is 17.5. The maximum atomic E-state index is 17.2. The van der Waals surface area contributed by atoms with E-state index in [1.165, 1.54) is 5.57 Å². The Morgan fingerprint density at radius 3 is 2.70 bits per heavy atom. The highest BCUT2D eigenvalue weighted by molar-refractivity contribution is 5.84. The van der Waals surface area contributed by atoms with Crippen molar-refractivity contribution < 1.29 is 23.7 Å². The van der Waals surface area contributed by atoms with E-state index in [1.807, 2.05) is 31.3 Å². The summed E-state index contributed by atoms with van der Waals surface area (Å²) in [4.78, 5) is 10.3. The molecule has 2 saturated carbocycles. The predicted octanol–water partition coefficient (Wildman–Crippen LogP) is 4.00. The minimum atomic E-state index is -2.32. The van der Waals surface area contributed by atoms with Gasteiger partial charge in [0.05, 0.1) is 11.6 Å². The number of alkyl halides is 2. The molecule has 4 fully saturated rings. The maximum absolute atomic E-state index is 17.2. The lowest BCUT2D eigenvalue weighted by molar-refractivity contribution is -0.347. The lowest BCUT2D eigenvalue weighted by atomic mass is 9.51. The maximum Gasteiger partial charge on any atom is 0.171 e. The number of fused-ring (bicyclic) bond motifs is 2. The van der Waals surface area contributed by atoms with Crippen molar-refractivity contribution in [1.82, 2.24) is 14.9 Å². The zero-order chi connectivity index (χ0) is 26.0. The van der Waals surface area contributed by atoms with Crippen molar-refractivity contribution in [1.29, 1.82) is 0 Å². The molecular weight excluding hydrogens is 476 g/mol. The van der Waals surface area contributed by atoms with Crippen LogP contribution >= 0.6 is 0 Å². The van der Waals surface area contributed by atoms with E-state index in [-0.39, 0.29) is 24.2 Å². The van der Waals surface area contributed by atoms with E-state index in [2.05, 4.69) is 35.1 Å². The van der Waals surface area contributed by atoms with Gasteiger partial charge in [-0.15, -0.1) is 0 Å². The largest absolute Gasteiger partial charge is 0.389 e. The molecule has 2 spiro atoms. The molecule has 2 aliphatic heterocycles. The molecular formula is C29H35F2N3O3. The van der Waals surface area contributed by atoms with Gasteiger partial charge in [-0.2, -0.15) is 0 Å². The fraction of sp³-hybridized carbons (Fsp3) is 0.655. The number of aliphatic hydroxyl groups excluding tert-OH is 2. The van der Waals surface area contributed by atoms with E-state index >= 15 is 8.78 Å². The lowest BCUT2D eigenvalue weighted by Gasteiger charge is -2.65. The number of halogens is 2. The second-order valence-corrected chi connectivity index (χ2v) is 12.8. The zero-order valence-electron chi connectivity index (χ0n) is 21.6. The minimum absolute atomic E-state index is 0.137. The van der Waals surface area contributed by atoms with Crippen LogP contribution in [0.3, 0.4) is 0 Å². The van der Waals surface area contributed by atoms with Crippen molar-refractivity contribution in [3.63, 3.8) is 0 Å². The van der Waals surface area contributed by atoms with Crippen LogP contribution in [0.5, 0.6) is 0 Å². The molecule has 198 valence electrons. The molecule has 7 rings (SSSR count). The van der Waals surface area contributed by atoms with E-state index in [4.69, 9.17) is 4.74 Å². The quantitative estimate of drug-likeness (QED) is 0.635. The number of aromatic nitrogens is 2. The summed E-state index contributed by atoms with van der Waals surface area (Å²) in [6.07, 6.45) is 4.56. The molecule has 5 aliphatic rings. The van der Waals surface area contributed by atoms with Crippen LogP contribution in [0.2, 0.25) is 0 Å². The average molecular weight is 512 g/mol. The van der Waals surface area contributed by atoms with Crippen molar-refractivity contribution >= 4 is 16.5 Å². The Balaban J connectivity index is 1.29. The summed E-state index contributed by atoms with van der Waals surface area (Å²) in [5.74, 6) is -0.137. The normalized spacial score (nSPS) is 48.5. The Morgan fingerprint density at radius 2 is 1.92 bits per heavy atom. The molecule has 3 aliphatic carbocycles. The van der Waals surface area contributed by atoms with Gasteiger partial charge >= 0.3 is 0 Å². The van der Waals surface area contributed by atoms with Crippen molar-refractivity contribution in [2.24, 2.45) is 11.3 Å². The van der Waals surface area contributed by atoms with Gasteiger partial charge in [0.2, 0.25) is 0 Å². The highest BCUT2D eigenvalue weighted by atomic mass is 19.2. The monoisotopic (exact) mass is 511 g/mol. The third kappa shape index (κ3) is 2.78. The highest BCUT2D eigenvalue weighted by Crippen LogP contribution is 2.74. The van der Waals surface area contributed by atoms with Crippen molar-refractivity contribution in [2.45, 2.75) is 92.7 Å². The molecule has 3 heterocycles. The van der Waals surface area contributed by atoms with E-state index in [1.54, 1.807) is 6.33 Å². The Kier molecular flexibility index (Phi) is 4.78. The smallest absolute Gasteiger partial charge is 0.171 e. The predicted molar refractivity (Wildman–Crippen MR) is 135 cm³/mol. The summed E-state index contributed by atoms with van der Waals surface area (Å²) in [5.41, 5.74) is -3.83. The van der Waals surface area contributed by atoms with Gasteiger partial charge in [-0.3, -0.25) is 0 Å². The first-order valence-corrected chi connectivity index (χ1v) is 13.5. The molecule has 1 aromatic carbocycles. The molecule has 0 amide bonds. The molecule has 2 aromatic rings. The number of benzene rings is 1. The average Bonchev–Trinajstić information content (AvgIpc) is 3.42. The summed E-state index contributed by atoms with van der Waals surface area (Å²) in [5, 5.41) is 22.8. The van der Waals surface area contributed by atoms with Crippen molar-refractivity contribution in [2.75, 3.05) is 14.1 Å². The Hall–Kier alpha value is -2.00. The molecule has 3 unspecified atom stereocenters. The zero-order valence-corrected chi connectivity index (χ0v) is 21.6. The van der Waals surface area contributed by atoms with Gasteiger partial charge in [0.25, 0.3) is 0 Å². The molecule has 2 N–H and O–H groups in total. The van der Waals surface area contributed by atoms with Crippen LogP contribution in [0, 0.1) is 11.3 Å². The molecule has 6 nitrogen and oxygen atoms in total. The first kappa shape index (κ1) is 24.1. The summed E-state index contributed by atoms with van der Waals surface area (Å²) < 4.78 is 40.9. The second-order valence-electron chi connectivity index (χ2n) is 12.8. The number of likely N-dealkylation sites (N-methyl/N-ethyl adjacent to an activating group) is 1. The summed E-state index contributed by atoms with van der Waals surface area (Å²) in [7, 11) is 3.63. The molecule has 9 atom stereocenters. The molecule has 2 bridgehead atoms. The Morgan fingerprint density at radius 1 is 1.11 bits per heavy atom. The standard InChI is InChI=1S/C29H35F2N3O3/c1-25-8-9-26(30)15-28(31)24(36)23(35)21(34(2)3)13-27(28)10-11-29(26,37-27)22(25)7-5-19(25)17-4-6-20-18(12-17)14-32-16-33-20/h4-6,12,14,16,21-24,35-36H,7-11,13,15H2,1-3H3/t21-,22?,23+,24-,25+,26?,27+,28?,29-/m0/s1. The van der Waals surface area contributed by atoms with E-state index in [0.717, 1.165) is 16.5 Å². The second kappa shape index (κ2) is 7.34. The molecule has 0 radical (unpaired) electrons. The van der Waals surface area contributed by atoms with Gasteiger partial charge in [-0.05, 0) is 81.3 Å². The van der Waals surface area contributed by atoms with E-state index in [0.29, 0.717) is 25.7 Å². The molecule has 2 saturated heterocycles. The van der Waals surface area contributed by atoms with E-state index < -0.39 is 47.2 Å². The fourth-order valence-corrected chi connectivity index (χ4v) is 9.13. The van der Waals surface area contributed by atoms with Crippen LogP contribution in [-0.2, 0) is 4.74 Å². The highest BCUT2D eigenvalue weighted by Gasteiger charge is 2.82. The van der Waals surface area contributed by atoms with Crippen LogP contribution in [0.15, 0.2) is 36.8 Å². The number of ether oxygens (including phenoxy) is 1. The first-order valence-electron chi connectivity index (χ1n) is 13.5. The van der Waals surface area contributed by atoms with Crippen LogP contribution in [0.4, 0.5) is 8.78 Å². The lowest BCUT2D eigenvalue weighted by Crippen LogP contribution is -2.78. The van der Waals surface area contributed by atoms with Gasteiger partial charge in [-0.25, -0.2) is 18.7 Å². The van der Waals surface area contributed by atoms with E-state index in [9.17, 15) is 10.2 Å². The van der Waals surface area contributed by atoms with Crippen LogP contribution in [-0.4, -0.2) is 80.0 Å².